The molecule has 3 aromatic carbocycles. The van der Waals surface area contributed by atoms with Gasteiger partial charge in [-0.2, -0.15) is 0 Å². The number of allylic oxidation sites excluding steroid dienone is 1. The smallest absolute Gasteiger partial charge is 0.0776 e. The van der Waals surface area contributed by atoms with Crippen LogP contribution in [0.1, 0.15) is 22.3 Å². The maximum atomic E-state index is 5.55. The Kier molecular flexibility index (Phi) is 6.58. The van der Waals surface area contributed by atoms with Gasteiger partial charge in [0.25, 0.3) is 0 Å². The van der Waals surface area contributed by atoms with E-state index in [1.165, 1.54) is 29.4 Å². The van der Waals surface area contributed by atoms with Crippen LogP contribution in [-0.2, 0) is 0 Å². The van der Waals surface area contributed by atoms with E-state index in [1.807, 2.05) is 53.9 Å². The lowest BCUT2D eigenvalue weighted by Crippen LogP contribution is -1.80. The number of terminal acetylenes is 1. The van der Waals surface area contributed by atoms with Gasteiger partial charge in [0.2, 0.25) is 0 Å². The summed E-state index contributed by atoms with van der Waals surface area (Å²) < 4.78 is 2.61. The van der Waals surface area contributed by atoms with Crippen molar-refractivity contribution in [2.75, 3.05) is 0 Å². The zero-order valence-corrected chi connectivity index (χ0v) is 20.1. The monoisotopic (exact) mass is 480 g/mol. The van der Waals surface area contributed by atoms with E-state index in [9.17, 15) is 0 Å². The molecule has 32 heavy (non-hydrogen) atoms. The summed E-state index contributed by atoms with van der Waals surface area (Å²) in [4.78, 5) is 3.60. The highest BCUT2D eigenvalue weighted by Gasteiger charge is 2.27. The van der Waals surface area contributed by atoms with E-state index in [0.29, 0.717) is 0 Å². The number of thioether (sulfide) groups is 4. The van der Waals surface area contributed by atoms with Crippen molar-refractivity contribution < 1.29 is 0 Å². The normalized spacial score (nSPS) is 17.5. The standard InChI is InChI=1S/C28H16S4/c1-2-20-10-9-11-21(18-20)16-17-24-26(23-14-7-4-8-15-23)32-28(30-24)27-29-19-25(31-27)22-12-5-3-6-13-22/h1,3-15,18-19H/b28-27+. The first-order valence-electron chi connectivity index (χ1n) is 9.88. The third-order valence-corrected chi connectivity index (χ3v) is 10.2. The van der Waals surface area contributed by atoms with Crippen LogP contribution in [0, 0.1) is 24.2 Å². The van der Waals surface area contributed by atoms with Crippen molar-refractivity contribution in [1.29, 1.82) is 0 Å². The highest BCUT2D eigenvalue weighted by molar-refractivity contribution is 8.36. The summed E-state index contributed by atoms with van der Waals surface area (Å²) in [6.45, 7) is 0. The van der Waals surface area contributed by atoms with Crippen molar-refractivity contribution in [3.05, 3.63) is 126 Å². The fraction of sp³-hybridized carbons (Fsp3) is 0. The molecule has 0 atom stereocenters. The lowest BCUT2D eigenvalue weighted by Gasteiger charge is -2.04. The molecule has 0 nitrogen and oxygen atoms in total. The maximum absolute atomic E-state index is 5.55. The summed E-state index contributed by atoms with van der Waals surface area (Å²) in [6, 6.07) is 28.9. The van der Waals surface area contributed by atoms with Gasteiger partial charge in [0.05, 0.1) is 13.4 Å². The van der Waals surface area contributed by atoms with E-state index in [-0.39, 0.29) is 0 Å². The lowest BCUT2D eigenvalue weighted by atomic mass is 10.1. The Hall–Kier alpha value is -2.60. The summed E-state index contributed by atoms with van der Waals surface area (Å²) in [5.41, 5.74) is 4.25. The molecule has 0 unspecified atom stereocenters. The molecular weight excluding hydrogens is 465 g/mol. The second-order valence-corrected chi connectivity index (χ2v) is 11.3. The molecule has 0 spiro atoms. The van der Waals surface area contributed by atoms with Gasteiger partial charge in [0, 0.05) is 20.9 Å². The topological polar surface area (TPSA) is 0 Å². The summed E-state index contributed by atoms with van der Waals surface area (Å²) in [7, 11) is 0. The highest BCUT2D eigenvalue weighted by Crippen LogP contribution is 2.61. The summed E-state index contributed by atoms with van der Waals surface area (Å²) in [5, 5.41) is 2.25. The predicted molar refractivity (Wildman–Crippen MR) is 146 cm³/mol. The largest absolute Gasteiger partial charge is 0.115 e. The predicted octanol–water partition coefficient (Wildman–Crippen LogP) is 8.47. The van der Waals surface area contributed by atoms with E-state index in [0.717, 1.165) is 16.0 Å². The van der Waals surface area contributed by atoms with E-state index < -0.39 is 0 Å². The van der Waals surface area contributed by atoms with Crippen molar-refractivity contribution in [3.63, 3.8) is 0 Å². The van der Waals surface area contributed by atoms with Crippen LogP contribution in [0.25, 0.3) is 9.81 Å². The first kappa shape index (κ1) is 21.3. The average Bonchev–Trinajstić information content (AvgIpc) is 3.52. The summed E-state index contributed by atoms with van der Waals surface area (Å²) in [6.07, 6.45) is 5.55. The van der Waals surface area contributed by atoms with Gasteiger partial charge in [0.1, 0.15) is 0 Å². The average molecular weight is 481 g/mol. The van der Waals surface area contributed by atoms with Gasteiger partial charge in [-0.15, -0.1) is 6.42 Å². The zero-order chi connectivity index (χ0) is 21.8. The molecule has 2 heterocycles. The third kappa shape index (κ3) is 4.75. The summed E-state index contributed by atoms with van der Waals surface area (Å²) in [5.74, 6) is 9.43. The van der Waals surface area contributed by atoms with Crippen LogP contribution < -0.4 is 0 Å². The molecule has 3 aromatic rings. The van der Waals surface area contributed by atoms with Crippen molar-refractivity contribution in [1.82, 2.24) is 0 Å². The van der Waals surface area contributed by atoms with Crippen LogP contribution in [-0.4, -0.2) is 0 Å². The quantitative estimate of drug-likeness (QED) is 0.337. The molecule has 0 N–H and O–H groups in total. The van der Waals surface area contributed by atoms with Gasteiger partial charge in [-0.3, -0.25) is 0 Å². The molecule has 0 saturated heterocycles. The Labute approximate surface area is 206 Å². The maximum Gasteiger partial charge on any atom is 0.0776 e. The fourth-order valence-corrected chi connectivity index (χ4v) is 8.26. The minimum absolute atomic E-state index is 0.851. The molecule has 0 amide bonds. The van der Waals surface area contributed by atoms with Crippen molar-refractivity contribution >= 4 is 56.9 Å². The Bertz CT molecular complexity index is 1360. The summed E-state index contributed by atoms with van der Waals surface area (Å²) >= 11 is 7.24. The number of hydrogen-bond donors (Lipinski definition) is 0. The Morgan fingerprint density at radius 2 is 1.34 bits per heavy atom. The SMILES string of the molecule is C#Cc1cccc(C#CC2=C(c3ccccc3)S/C(=C3\SC=C(c4ccccc4)S3)S2)c1. The minimum Gasteiger partial charge on any atom is -0.115 e. The number of benzene rings is 3. The Morgan fingerprint density at radius 3 is 2.09 bits per heavy atom. The van der Waals surface area contributed by atoms with Crippen LogP contribution in [0.5, 0.6) is 0 Å². The van der Waals surface area contributed by atoms with Crippen molar-refractivity contribution in [2.45, 2.75) is 0 Å². The molecule has 5 rings (SSSR count). The molecule has 0 fully saturated rings. The van der Waals surface area contributed by atoms with E-state index >= 15 is 0 Å². The Morgan fingerprint density at radius 1 is 0.625 bits per heavy atom. The molecule has 2 aliphatic rings. The molecule has 0 radical (unpaired) electrons. The molecule has 0 saturated carbocycles. The van der Waals surface area contributed by atoms with Crippen molar-refractivity contribution in [2.24, 2.45) is 0 Å². The van der Waals surface area contributed by atoms with E-state index in [1.54, 1.807) is 23.5 Å². The van der Waals surface area contributed by atoms with Crippen LogP contribution in [0.4, 0.5) is 0 Å². The third-order valence-electron chi connectivity index (χ3n) is 4.68. The molecule has 0 bridgehead atoms. The first-order valence-corrected chi connectivity index (χ1v) is 13.2. The second-order valence-electron chi connectivity index (χ2n) is 6.85. The fourth-order valence-electron chi connectivity index (χ4n) is 3.13. The molecule has 4 heteroatoms. The van der Waals surface area contributed by atoms with Gasteiger partial charge >= 0.3 is 0 Å². The van der Waals surface area contributed by atoms with Crippen molar-refractivity contribution in [3.8, 4) is 24.2 Å². The van der Waals surface area contributed by atoms with Crippen LogP contribution in [0.3, 0.4) is 0 Å². The van der Waals surface area contributed by atoms with E-state index in [2.05, 4.69) is 77.8 Å². The molecule has 0 aliphatic carbocycles. The molecular formula is C28H16S4. The number of rotatable bonds is 2. The Balaban J connectivity index is 1.45. The molecule has 2 aliphatic heterocycles. The van der Waals surface area contributed by atoms with Gasteiger partial charge in [0.15, 0.2) is 0 Å². The van der Waals surface area contributed by atoms with Gasteiger partial charge in [-0.25, -0.2) is 0 Å². The van der Waals surface area contributed by atoms with Crippen LogP contribution in [0.15, 0.2) is 104 Å². The van der Waals surface area contributed by atoms with Crippen LogP contribution in [0.2, 0.25) is 0 Å². The highest BCUT2D eigenvalue weighted by atomic mass is 32.2. The van der Waals surface area contributed by atoms with Gasteiger partial charge in [-0.1, -0.05) is 132 Å². The zero-order valence-electron chi connectivity index (χ0n) is 16.9. The van der Waals surface area contributed by atoms with Gasteiger partial charge < -0.3 is 0 Å². The van der Waals surface area contributed by atoms with E-state index in [4.69, 9.17) is 6.42 Å². The molecule has 0 aromatic heterocycles. The second kappa shape index (κ2) is 9.90. The molecule has 152 valence electrons. The lowest BCUT2D eigenvalue weighted by molar-refractivity contribution is 1.60. The van der Waals surface area contributed by atoms with Gasteiger partial charge in [-0.05, 0) is 34.7 Å². The first-order chi connectivity index (χ1) is 15.8. The minimum atomic E-state index is 0.851. The van der Waals surface area contributed by atoms with Crippen LogP contribution >= 0.6 is 47.0 Å². The number of hydrogen-bond acceptors (Lipinski definition) is 4.